The predicted molar refractivity (Wildman–Crippen MR) is 149 cm³/mol. The molecule has 0 saturated carbocycles. The predicted octanol–water partition coefficient (Wildman–Crippen LogP) is 4.88. The number of carbonyl (C=O) groups excluding carboxylic acids is 3. The van der Waals surface area contributed by atoms with Gasteiger partial charge in [0.15, 0.2) is 11.5 Å². The van der Waals surface area contributed by atoms with Gasteiger partial charge >= 0.3 is 6.18 Å². The maximum atomic E-state index is 14.3. The van der Waals surface area contributed by atoms with Crippen molar-refractivity contribution in [1.82, 2.24) is 29.8 Å². The highest BCUT2D eigenvalue weighted by molar-refractivity contribution is 6.31. The topological polar surface area (TPSA) is 122 Å². The van der Waals surface area contributed by atoms with Crippen LogP contribution in [0.4, 0.5) is 27.6 Å². The van der Waals surface area contributed by atoms with Gasteiger partial charge in [0.1, 0.15) is 23.9 Å². The number of aromatic nitrogens is 4. The Morgan fingerprint density at radius 2 is 1.80 bits per heavy atom. The molecule has 6 rings (SSSR count). The second-order valence-electron chi connectivity index (χ2n) is 9.99. The third-order valence-corrected chi connectivity index (χ3v) is 7.39. The Hall–Kier alpha value is -5.31. The molecule has 0 spiro atoms. The maximum Gasteiger partial charge on any atom is 0.416 e. The van der Waals surface area contributed by atoms with Gasteiger partial charge in [0.25, 0.3) is 11.8 Å². The highest BCUT2D eigenvalue weighted by atomic mass is 35.5. The number of hydrogen-bond acceptors (Lipinski definition) is 5. The van der Waals surface area contributed by atoms with Crippen LogP contribution in [0, 0.1) is 11.6 Å². The van der Waals surface area contributed by atoms with Crippen LogP contribution in [0.3, 0.4) is 0 Å². The normalized spacial score (nSPS) is 14.6. The highest BCUT2D eigenvalue weighted by Crippen LogP contribution is 2.38. The van der Waals surface area contributed by atoms with Crippen molar-refractivity contribution in [1.29, 1.82) is 0 Å². The first-order valence-corrected chi connectivity index (χ1v) is 13.5. The van der Waals surface area contributed by atoms with E-state index in [9.17, 15) is 36.3 Å². The minimum absolute atomic E-state index is 0.0401. The summed E-state index contributed by atoms with van der Waals surface area (Å²) in [6, 6.07) is 9.94. The van der Waals surface area contributed by atoms with E-state index in [-0.39, 0.29) is 40.3 Å². The molecule has 1 atom stereocenters. The maximum absolute atomic E-state index is 14.3. The average molecular weight is 644 g/mol. The molecule has 5 aromatic rings. The van der Waals surface area contributed by atoms with Crippen LogP contribution in [0.15, 0.2) is 66.9 Å². The molecule has 0 saturated heterocycles. The largest absolute Gasteiger partial charge is 0.416 e. The standard InChI is InChI=1S/C29H19ClF5N7O3/c30-19-5-4-16(31)10-18(19)25-26-20(37-27(44)14-7-15(29(33,34)35)9-17(32)8-14)11-21(42(26)13-24(43)38-25)28(45)36-12-23-40-39-22-3-1-2-6-41(22)23/h1-11,25H,12-13H2,(H,36,45)(H,37,44)(H,38,43). The van der Waals surface area contributed by atoms with Crippen LogP contribution in [0.1, 0.15) is 49.5 Å². The molecule has 3 aromatic heterocycles. The molecule has 3 amide bonds. The molecule has 0 radical (unpaired) electrons. The van der Waals surface area contributed by atoms with Crippen molar-refractivity contribution >= 4 is 40.7 Å². The number of hydrogen-bond donors (Lipinski definition) is 3. The van der Waals surface area contributed by atoms with Crippen LogP contribution in [-0.2, 0) is 24.1 Å². The zero-order valence-corrected chi connectivity index (χ0v) is 23.4. The lowest BCUT2D eigenvalue weighted by Gasteiger charge is -2.29. The van der Waals surface area contributed by atoms with Gasteiger partial charge in [-0.2, -0.15) is 13.2 Å². The van der Waals surface area contributed by atoms with Gasteiger partial charge in [0.2, 0.25) is 5.91 Å². The van der Waals surface area contributed by atoms with Crippen molar-refractivity contribution in [3.8, 4) is 0 Å². The Balaban J connectivity index is 1.41. The van der Waals surface area contributed by atoms with Gasteiger partial charge < -0.3 is 20.5 Å². The number of amides is 3. The first-order chi connectivity index (χ1) is 21.4. The number of fused-ring (bicyclic) bond motifs is 2. The molecule has 4 heterocycles. The van der Waals surface area contributed by atoms with Crippen LogP contribution in [0.2, 0.25) is 5.02 Å². The van der Waals surface area contributed by atoms with Crippen molar-refractivity contribution in [3.63, 3.8) is 0 Å². The first kappa shape index (κ1) is 29.7. The van der Waals surface area contributed by atoms with E-state index in [0.29, 0.717) is 23.6 Å². The van der Waals surface area contributed by atoms with Crippen molar-refractivity contribution in [2.45, 2.75) is 25.3 Å². The van der Waals surface area contributed by atoms with Gasteiger partial charge in [-0.3, -0.25) is 18.8 Å². The van der Waals surface area contributed by atoms with Crippen LogP contribution in [0.25, 0.3) is 5.65 Å². The Bertz CT molecular complexity index is 2010. The smallest absolute Gasteiger partial charge is 0.343 e. The molecule has 0 bridgehead atoms. The van der Waals surface area contributed by atoms with E-state index >= 15 is 0 Å². The Morgan fingerprint density at radius 1 is 1.00 bits per heavy atom. The molecule has 2 aromatic carbocycles. The fraction of sp³-hybridized carbons (Fsp3) is 0.138. The van der Waals surface area contributed by atoms with E-state index in [2.05, 4.69) is 26.1 Å². The lowest BCUT2D eigenvalue weighted by molar-refractivity contribution is -0.137. The number of rotatable bonds is 6. The van der Waals surface area contributed by atoms with Crippen molar-refractivity contribution in [2.75, 3.05) is 5.32 Å². The van der Waals surface area contributed by atoms with Gasteiger partial charge in [-0.05, 0) is 54.6 Å². The number of alkyl halides is 3. The Kier molecular flexibility index (Phi) is 7.48. The minimum atomic E-state index is -4.93. The van der Waals surface area contributed by atoms with E-state index < -0.39 is 59.2 Å². The third kappa shape index (κ3) is 5.81. The molecule has 45 heavy (non-hydrogen) atoms. The number of pyridine rings is 1. The summed E-state index contributed by atoms with van der Waals surface area (Å²) in [5.74, 6) is -4.06. The van der Waals surface area contributed by atoms with Gasteiger partial charge in [-0.25, -0.2) is 8.78 Å². The molecule has 3 N–H and O–H groups in total. The summed E-state index contributed by atoms with van der Waals surface area (Å²) in [5, 5.41) is 15.9. The zero-order chi connectivity index (χ0) is 32.0. The molecular formula is C29H19ClF5N7O3. The van der Waals surface area contributed by atoms with E-state index in [1.165, 1.54) is 16.7 Å². The van der Waals surface area contributed by atoms with Crippen molar-refractivity contribution < 1.29 is 36.3 Å². The molecule has 1 aliphatic heterocycles. The van der Waals surface area contributed by atoms with Crippen LogP contribution in [-0.4, -0.2) is 36.9 Å². The lowest BCUT2D eigenvalue weighted by atomic mass is 10.0. The molecule has 1 unspecified atom stereocenters. The van der Waals surface area contributed by atoms with E-state index in [4.69, 9.17) is 11.6 Å². The number of carbonyl (C=O) groups is 3. The SMILES string of the molecule is O=C1Cn2c(C(=O)NCc3nnc4ccccn34)cc(NC(=O)c3cc(F)cc(C(F)(F)F)c3)c2C(c2cc(F)ccc2Cl)N1. The monoisotopic (exact) mass is 643 g/mol. The highest BCUT2D eigenvalue weighted by Gasteiger charge is 2.36. The summed E-state index contributed by atoms with van der Waals surface area (Å²) in [4.78, 5) is 39.5. The summed E-state index contributed by atoms with van der Waals surface area (Å²) in [5.41, 5.74) is -1.62. The Morgan fingerprint density at radius 3 is 2.58 bits per heavy atom. The minimum Gasteiger partial charge on any atom is -0.343 e. The van der Waals surface area contributed by atoms with Crippen LogP contribution < -0.4 is 16.0 Å². The molecule has 0 aliphatic carbocycles. The van der Waals surface area contributed by atoms with Gasteiger partial charge in [0.05, 0.1) is 29.5 Å². The summed E-state index contributed by atoms with van der Waals surface area (Å²) in [6.07, 6.45) is -3.24. The van der Waals surface area contributed by atoms with Crippen LogP contribution >= 0.6 is 11.6 Å². The summed E-state index contributed by atoms with van der Waals surface area (Å²) >= 11 is 6.34. The number of nitrogens with one attached hydrogen (secondary N) is 3. The van der Waals surface area contributed by atoms with Gasteiger partial charge in [-0.1, -0.05) is 17.7 Å². The molecule has 10 nitrogen and oxygen atoms in total. The van der Waals surface area contributed by atoms with Gasteiger partial charge in [0, 0.05) is 22.3 Å². The van der Waals surface area contributed by atoms with E-state index in [0.717, 1.165) is 12.1 Å². The van der Waals surface area contributed by atoms with Crippen molar-refractivity contribution in [3.05, 3.63) is 117 Å². The molecular weight excluding hydrogens is 625 g/mol. The number of nitrogens with zero attached hydrogens (tertiary/aromatic N) is 4. The second-order valence-corrected chi connectivity index (χ2v) is 10.4. The zero-order valence-electron chi connectivity index (χ0n) is 22.6. The summed E-state index contributed by atoms with van der Waals surface area (Å²) < 4.78 is 71.3. The lowest BCUT2D eigenvalue weighted by Crippen LogP contribution is -2.41. The van der Waals surface area contributed by atoms with Gasteiger partial charge in [-0.15, -0.1) is 10.2 Å². The quantitative estimate of drug-likeness (QED) is 0.228. The third-order valence-electron chi connectivity index (χ3n) is 7.05. The number of anilines is 1. The summed E-state index contributed by atoms with van der Waals surface area (Å²) in [6.45, 7) is -0.509. The molecule has 16 heteroatoms. The second kappa shape index (κ2) is 11.3. The molecule has 230 valence electrons. The number of benzene rings is 2. The summed E-state index contributed by atoms with van der Waals surface area (Å²) in [7, 11) is 0. The van der Waals surface area contributed by atoms with E-state index in [1.807, 2.05) is 0 Å². The Labute approximate surface area is 254 Å². The van der Waals surface area contributed by atoms with Crippen molar-refractivity contribution in [2.24, 2.45) is 0 Å². The van der Waals surface area contributed by atoms with E-state index in [1.54, 1.807) is 28.8 Å². The fourth-order valence-electron chi connectivity index (χ4n) is 5.05. The van der Waals surface area contributed by atoms with Crippen LogP contribution in [0.5, 0.6) is 0 Å². The fourth-order valence-corrected chi connectivity index (χ4v) is 5.28. The number of halogens is 6. The first-order valence-electron chi connectivity index (χ1n) is 13.1. The average Bonchev–Trinajstić information content (AvgIpc) is 3.57. The molecule has 0 fully saturated rings. The molecule has 1 aliphatic rings.